The first-order valence-electron chi connectivity index (χ1n) is 8.29. The van der Waals surface area contributed by atoms with Gasteiger partial charge in [-0.05, 0) is 30.0 Å². The molecule has 2 N–H and O–H groups in total. The van der Waals surface area contributed by atoms with E-state index >= 15 is 0 Å². The first-order chi connectivity index (χ1) is 11.6. The van der Waals surface area contributed by atoms with Crippen molar-refractivity contribution in [3.05, 3.63) is 71.3 Å². The van der Waals surface area contributed by atoms with Crippen molar-refractivity contribution in [2.75, 3.05) is 6.61 Å². The highest BCUT2D eigenvalue weighted by molar-refractivity contribution is 5.80. The number of rotatable bonds is 8. The zero-order valence-electron chi connectivity index (χ0n) is 14.2. The van der Waals surface area contributed by atoms with Crippen molar-refractivity contribution in [1.29, 1.82) is 0 Å². The van der Waals surface area contributed by atoms with E-state index in [-0.39, 0.29) is 12.5 Å². The van der Waals surface area contributed by atoms with E-state index in [2.05, 4.69) is 12.2 Å². The summed E-state index contributed by atoms with van der Waals surface area (Å²) in [5.41, 5.74) is 3.13. The molecule has 0 aliphatic heterocycles. The average molecular weight is 327 g/mol. The van der Waals surface area contributed by atoms with E-state index in [1.807, 2.05) is 54.6 Å². The molecule has 1 amide bonds. The van der Waals surface area contributed by atoms with Crippen molar-refractivity contribution in [2.24, 2.45) is 0 Å². The summed E-state index contributed by atoms with van der Waals surface area (Å²) in [7, 11) is 0. The van der Waals surface area contributed by atoms with Gasteiger partial charge in [-0.3, -0.25) is 4.79 Å². The quantitative estimate of drug-likeness (QED) is 0.783. The van der Waals surface area contributed by atoms with Crippen LogP contribution >= 0.6 is 0 Å². The predicted molar refractivity (Wildman–Crippen MR) is 94.5 cm³/mol. The molecule has 0 bridgehead atoms. The minimum absolute atomic E-state index is 0.150. The monoisotopic (exact) mass is 327 g/mol. The van der Waals surface area contributed by atoms with Crippen molar-refractivity contribution in [2.45, 2.75) is 39.0 Å². The fourth-order valence-electron chi connectivity index (χ4n) is 2.38. The Morgan fingerprint density at radius 3 is 2.33 bits per heavy atom. The lowest BCUT2D eigenvalue weighted by Crippen LogP contribution is -2.38. The summed E-state index contributed by atoms with van der Waals surface area (Å²) in [6.07, 6.45) is 0.370. The van der Waals surface area contributed by atoms with Gasteiger partial charge in [0, 0.05) is 0 Å². The lowest BCUT2D eigenvalue weighted by Gasteiger charge is -2.20. The number of nitrogens with one attached hydrogen (secondary N) is 1. The maximum Gasteiger partial charge on any atom is 0.249 e. The smallest absolute Gasteiger partial charge is 0.249 e. The molecule has 0 heterocycles. The Kier molecular flexibility index (Phi) is 6.97. The van der Waals surface area contributed by atoms with Crippen LogP contribution in [0.3, 0.4) is 0 Å². The Morgan fingerprint density at radius 1 is 1.08 bits per heavy atom. The fraction of sp³-hybridized carbons (Fsp3) is 0.350. The molecule has 24 heavy (non-hydrogen) atoms. The van der Waals surface area contributed by atoms with E-state index in [9.17, 15) is 9.90 Å². The number of hydrogen-bond donors (Lipinski definition) is 2. The number of hydrogen-bond acceptors (Lipinski definition) is 3. The van der Waals surface area contributed by atoms with Crippen molar-refractivity contribution in [3.8, 4) is 0 Å². The third-order valence-corrected chi connectivity index (χ3v) is 4.00. The van der Waals surface area contributed by atoms with Crippen LogP contribution in [0.15, 0.2) is 54.6 Å². The lowest BCUT2D eigenvalue weighted by atomic mass is 10.0. The molecular formula is C20H25NO3. The summed E-state index contributed by atoms with van der Waals surface area (Å²) in [5, 5.41) is 12.4. The first kappa shape index (κ1) is 18.2. The highest BCUT2D eigenvalue weighted by atomic mass is 16.5. The van der Waals surface area contributed by atoms with Gasteiger partial charge in [0.1, 0.15) is 6.10 Å². The second-order valence-corrected chi connectivity index (χ2v) is 5.78. The van der Waals surface area contributed by atoms with E-state index in [1.165, 1.54) is 5.56 Å². The van der Waals surface area contributed by atoms with Gasteiger partial charge >= 0.3 is 0 Å². The molecule has 0 aromatic heterocycles. The molecule has 2 aromatic carbocycles. The molecule has 0 saturated heterocycles. The molecule has 2 rings (SSSR count). The Morgan fingerprint density at radius 2 is 1.75 bits per heavy atom. The van der Waals surface area contributed by atoms with Crippen LogP contribution in [0.5, 0.6) is 0 Å². The number of ether oxygens (including phenoxy) is 1. The first-order valence-corrected chi connectivity index (χ1v) is 8.29. The van der Waals surface area contributed by atoms with Gasteiger partial charge in [-0.1, -0.05) is 61.5 Å². The standard InChI is InChI=1S/C20H25NO3/c1-3-16-9-11-18(12-10-16)19(13-22)21-20(23)15(2)24-14-17-7-5-4-6-8-17/h4-12,15,19,22H,3,13-14H2,1-2H3,(H,21,23). The third-order valence-electron chi connectivity index (χ3n) is 4.00. The minimum atomic E-state index is -0.589. The van der Waals surface area contributed by atoms with Gasteiger partial charge < -0.3 is 15.2 Å². The summed E-state index contributed by atoms with van der Waals surface area (Å²) >= 11 is 0. The molecule has 0 aliphatic rings. The van der Waals surface area contributed by atoms with E-state index in [4.69, 9.17) is 4.74 Å². The Hall–Kier alpha value is -2.17. The highest BCUT2D eigenvalue weighted by Crippen LogP contribution is 2.15. The number of carbonyl (C=O) groups is 1. The maximum atomic E-state index is 12.3. The van der Waals surface area contributed by atoms with Crippen LogP contribution in [0.4, 0.5) is 0 Å². The molecule has 128 valence electrons. The van der Waals surface area contributed by atoms with Gasteiger partial charge in [-0.25, -0.2) is 0 Å². The summed E-state index contributed by atoms with van der Waals surface area (Å²) < 4.78 is 5.61. The zero-order chi connectivity index (χ0) is 17.4. The molecule has 0 fully saturated rings. The summed E-state index contributed by atoms with van der Waals surface area (Å²) in [6.45, 7) is 4.03. The molecule has 4 nitrogen and oxygen atoms in total. The van der Waals surface area contributed by atoms with E-state index in [0.29, 0.717) is 6.61 Å². The molecule has 0 radical (unpaired) electrons. The topological polar surface area (TPSA) is 58.6 Å². The summed E-state index contributed by atoms with van der Waals surface area (Å²) in [4.78, 5) is 12.3. The van der Waals surface area contributed by atoms with Crippen LogP contribution in [0.25, 0.3) is 0 Å². The van der Waals surface area contributed by atoms with Crippen LogP contribution < -0.4 is 5.32 Å². The predicted octanol–water partition coefficient (Wildman–Crippen LogP) is 3.00. The van der Waals surface area contributed by atoms with Gasteiger partial charge in [-0.15, -0.1) is 0 Å². The number of aryl methyl sites for hydroxylation is 1. The largest absolute Gasteiger partial charge is 0.394 e. The van der Waals surface area contributed by atoms with Gasteiger partial charge in [0.15, 0.2) is 0 Å². The van der Waals surface area contributed by atoms with Crippen LogP contribution in [-0.4, -0.2) is 23.7 Å². The SMILES string of the molecule is CCc1ccc(C(CO)NC(=O)C(C)OCc2ccccc2)cc1. The lowest BCUT2D eigenvalue weighted by molar-refractivity contribution is -0.133. The van der Waals surface area contributed by atoms with Crippen LogP contribution in [0.1, 0.15) is 36.6 Å². The second kappa shape index (κ2) is 9.21. The molecule has 4 heteroatoms. The molecule has 0 spiro atoms. The van der Waals surface area contributed by atoms with E-state index < -0.39 is 12.1 Å². The average Bonchev–Trinajstić information content (AvgIpc) is 2.64. The van der Waals surface area contributed by atoms with E-state index in [0.717, 1.165) is 17.5 Å². The second-order valence-electron chi connectivity index (χ2n) is 5.78. The van der Waals surface area contributed by atoms with Crippen molar-refractivity contribution < 1.29 is 14.6 Å². The third kappa shape index (κ3) is 5.18. The molecular weight excluding hydrogens is 302 g/mol. The maximum absolute atomic E-state index is 12.3. The van der Waals surface area contributed by atoms with Gasteiger partial charge in [0.2, 0.25) is 5.91 Å². The van der Waals surface area contributed by atoms with Crippen molar-refractivity contribution >= 4 is 5.91 Å². The zero-order valence-corrected chi connectivity index (χ0v) is 14.2. The van der Waals surface area contributed by atoms with Crippen LogP contribution in [0, 0.1) is 0 Å². The fourth-order valence-corrected chi connectivity index (χ4v) is 2.38. The summed E-state index contributed by atoms with van der Waals surface area (Å²) in [6, 6.07) is 17.2. The van der Waals surface area contributed by atoms with Crippen molar-refractivity contribution in [3.63, 3.8) is 0 Å². The molecule has 2 aromatic rings. The van der Waals surface area contributed by atoms with Gasteiger partial charge in [0.05, 0.1) is 19.3 Å². The van der Waals surface area contributed by atoms with Crippen LogP contribution in [-0.2, 0) is 22.6 Å². The molecule has 2 atom stereocenters. The molecule has 0 saturated carbocycles. The number of amides is 1. The normalized spacial score (nSPS) is 13.3. The summed E-state index contributed by atoms with van der Waals surface area (Å²) in [5.74, 6) is -0.232. The van der Waals surface area contributed by atoms with Crippen LogP contribution in [0.2, 0.25) is 0 Å². The number of aliphatic hydroxyl groups excluding tert-OH is 1. The highest BCUT2D eigenvalue weighted by Gasteiger charge is 2.19. The molecule has 0 aliphatic carbocycles. The van der Waals surface area contributed by atoms with Gasteiger partial charge in [0.25, 0.3) is 0 Å². The number of aliphatic hydroxyl groups is 1. The molecule has 2 unspecified atom stereocenters. The number of benzene rings is 2. The Labute approximate surface area is 143 Å². The van der Waals surface area contributed by atoms with Gasteiger partial charge in [-0.2, -0.15) is 0 Å². The van der Waals surface area contributed by atoms with Crippen molar-refractivity contribution in [1.82, 2.24) is 5.32 Å². The Balaban J connectivity index is 1.90. The number of carbonyl (C=O) groups excluding carboxylic acids is 1. The Bertz CT molecular complexity index is 625. The van der Waals surface area contributed by atoms with E-state index in [1.54, 1.807) is 6.92 Å². The minimum Gasteiger partial charge on any atom is -0.394 e.